The molecule has 2 atom stereocenters. The molecule has 1 aliphatic heterocycles. The molecule has 1 N–H and O–H groups in total. The van der Waals surface area contributed by atoms with E-state index in [1.54, 1.807) is 4.90 Å². The minimum absolute atomic E-state index is 0.0923. The lowest BCUT2D eigenvalue weighted by molar-refractivity contribution is 0.0658. The van der Waals surface area contributed by atoms with Crippen LogP contribution in [0.5, 0.6) is 0 Å². The summed E-state index contributed by atoms with van der Waals surface area (Å²) in [6.45, 7) is 9.89. The van der Waals surface area contributed by atoms with Crippen LogP contribution in [0, 0.1) is 5.92 Å². The first-order valence-electron chi connectivity index (χ1n) is 10.5. The number of piperidine rings is 1. The second-order valence-corrected chi connectivity index (χ2v) is 13.6. The number of likely N-dealkylation sites (tertiary alicyclic amines) is 1. The van der Waals surface area contributed by atoms with E-state index in [1.807, 2.05) is 12.1 Å². The first-order chi connectivity index (χ1) is 13.8. The number of nitrogens with zero attached hydrogens (tertiary/aromatic N) is 1. The minimum atomic E-state index is -2.63. The van der Waals surface area contributed by atoms with E-state index in [2.05, 4.69) is 76.2 Å². The molecule has 1 heterocycles. The van der Waals surface area contributed by atoms with Crippen LogP contribution < -0.4 is 10.4 Å². The topological polar surface area (TPSA) is 49.8 Å². The molecule has 5 heteroatoms. The second-order valence-electron chi connectivity index (χ2n) is 9.25. The van der Waals surface area contributed by atoms with Gasteiger partial charge in [-0.15, -0.1) is 0 Å². The quantitative estimate of drug-likeness (QED) is 0.745. The van der Waals surface area contributed by atoms with Crippen LogP contribution in [0.25, 0.3) is 0 Å². The molecule has 2 unspecified atom stereocenters. The third kappa shape index (κ3) is 4.41. The monoisotopic (exact) mass is 411 g/mol. The summed E-state index contributed by atoms with van der Waals surface area (Å²) in [5.74, 6) is 0.398. The Morgan fingerprint density at radius 2 is 1.55 bits per heavy atom. The molecule has 29 heavy (non-hydrogen) atoms. The van der Waals surface area contributed by atoms with Gasteiger partial charge in [0.15, 0.2) is 0 Å². The molecule has 1 amide bonds. The van der Waals surface area contributed by atoms with Gasteiger partial charge in [-0.1, -0.05) is 88.4 Å². The number of carbonyl (C=O) groups is 1. The van der Waals surface area contributed by atoms with E-state index in [4.69, 9.17) is 4.43 Å². The SMILES string of the molecule is CC1CCC(CO[Si](c2ccccc2)(c2ccccc2)C(C)(C)C)N(C(=O)O)C1. The molecule has 0 saturated carbocycles. The van der Waals surface area contributed by atoms with Crippen molar-refractivity contribution in [2.24, 2.45) is 5.92 Å². The molecule has 0 aliphatic carbocycles. The number of hydrogen-bond acceptors (Lipinski definition) is 2. The van der Waals surface area contributed by atoms with Crippen molar-refractivity contribution in [2.75, 3.05) is 13.2 Å². The summed E-state index contributed by atoms with van der Waals surface area (Å²) >= 11 is 0. The van der Waals surface area contributed by atoms with Crippen LogP contribution in [-0.2, 0) is 4.43 Å². The van der Waals surface area contributed by atoms with Crippen LogP contribution in [0.4, 0.5) is 4.79 Å². The molecule has 2 aromatic carbocycles. The van der Waals surface area contributed by atoms with Crippen molar-refractivity contribution in [1.29, 1.82) is 0 Å². The Hall–Kier alpha value is -2.11. The smallest absolute Gasteiger partial charge is 0.407 e. The number of rotatable bonds is 5. The lowest BCUT2D eigenvalue weighted by Gasteiger charge is -2.45. The van der Waals surface area contributed by atoms with Crippen molar-refractivity contribution in [3.8, 4) is 0 Å². The summed E-state index contributed by atoms with van der Waals surface area (Å²) in [4.78, 5) is 13.4. The van der Waals surface area contributed by atoms with Gasteiger partial charge < -0.3 is 14.4 Å². The summed E-state index contributed by atoms with van der Waals surface area (Å²) in [5.41, 5.74) is 0. The molecule has 4 nitrogen and oxygen atoms in total. The van der Waals surface area contributed by atoms with Gasteiger partial charge in [-0.2, -0.15) is 0 Å². The normalized spacial score (nSPS) is 20.5. The molecule has 2 aromatic rings. The van der Waals surface area contributed by atoms with E-state index in [1.165, 1.54) is 10.4 Å². The minimum Gasteiger partial charge on any atom is -0.465 e. The fourth-order valence-corrected chi connectivity index (χ4v) is 9.20. The highest BCUT2D eigenvalue weighted by atomic mass is 28.4. The number of amides is 1. The summed E-state index contributed by atoms with van der Waals surface area (Å²) in [7, 11) is -2.63. The van der Waals surface area contributed by atoms with Gasteiger partial charge in [-0.3, -0.25) is 0 Å². The number of carboxylic acid groups (broad SMARTS) is 1. The predicted octanol–water partition coefficient (Wildman–Crippen LogP) is 4.34. The molecule has 0 radical (unpaired) electrons. The zero-order valence-electron chi connectivity index (χ0n) is 18.0. The van der Waals surface area contributed by atoms with E-state index in [9.17, 15) is 9.90 Å². The second kappa shape index (κ2) is 8.72. The van der Waals surface area contributed by atoms with Crippen molar-refractivity contribution < 1.29 is 14.3 Å². The number of benzene rings is 2. The molecule has 3 rings (SSSR count). The van der Waals surface area contributed by atoms with Crippen LogP contribution in [0.2, 0.25) is 5.04 Å². The summed E-state index contributed by atoms with van der Waals surface area (Å²) < 4.78 is 6.96. The van der Waals surface area contributed by atoms with Crippen LogP contribution in [-0.4, -0.2) is 43.6 Å². The fraction of sp³-hybridized carbons (Fsp3) is 0.458. The third-order valence-electron chi connectivity index (χ3n) is 6.10. The zero-order chi connectivity index (χ0) is 21.1. The Bertz CT molecular complexity index is 764. The van der Waals surface area contributed by atoms with E-state index >= 15 is 0 Å². The standard InChI is InChI=1S/C24H33NO3Si/c1-19-15-16-20(25(17-19)23(26)27)18-28-29(24(2,3)4,21-11-7-5-8-12-21)22-13-9-6-10-14-22/h5-14,19-20H,15-18H2,1-4H3,(H,26,27). The first-order valence-corrected chi connectivity index (χ1v) is 12.4. The van der Waals surface area contributed by atoms with Crippen molar-refractivity contribution in [2.45, 2.75) is 51.6 Å². The van der Waals surface area contributed by atoms with Crippen LogP contribution in [0.15, 0.2) is 60.7 Å². The largest absolute Gasteiger partial charge is 0.465 e. The molecular formula is C24H33NO3Si. The molecule has 0 spiro atoms. The lowest BCUT2D eigenvalue weighted by Crippen LogP contribution is -2.67. The zero-order valence-corrected chi connectivity index (χ0v) is 19.0. The van der Waals surface area contributed by atoms with Gasteiger partial charge >= 0.3 is 6.09 Å². The van der Waals surface area contributed by atoms with Crippen LogP contribution in [0.3, 0.4) is 0 Å². The first kappa shape index (κ1) is 21.6. The molecule has 1 saturated heterocycles. The van der Waals surface area contributed by atoms with E-state index in [0.29, 0.717) is 19.1 Å². The Labute approximate surface area is 175 Å². The highest BCUT2D eigenvalue weighted by Gasteiger charge is 2.50. The lowest BCUT2D eigenvalue weighted by atomic mass is 9.95. The average molecular weight is 412 g/mol. The van der Waals surface area contributed by atoms with Gasteiger partial charge in [0.2, 0.25) is 0 Å². The van der Waals surface area contributed by atoms with Gasteiger partial charge in [0.05, 0.1) is 12.6 Å². The summed E-state index contributed by atoms with van der Waals surface area (Å²) in [6, 6.07) is 20.9. The number of hydrogen-bond donors (Lipinski definition) is 1. The molecule has 0 aromatic heterocycles. The van der Waals surface area contributed by atoms with Gasteiger partial charge in [-0.05, 0) is 34.2 Å². The van der Waals surface area contributed by atoms with Crippen molar-refractivity contribution in [3.05, 3.63) is 60.7 Å². The molecule has 1 aliphatic rings. The third-order valence-corrected chi connectivity index (χ3v) is 11.1. The van der Waals surface area contributed by atoms with Gasteiger partial charge in [0, 0.05) is 6.54 Å². The molecular weight excluding hydrogens is 378 g/mol. The molecule has 0 bridgehead atoms. The van der Waals surface area contributed by atoms with E-state index in [0.717, 1.165) is 12.8 Å². The van der Waals surface area contributed by atoms with Crippen LogP contribution in [0.1, 0.15) is 40.5 Å². The van der Waals surface area contributed by atoms with Gasteiger partial charge in [-0.25, -0.2) is 4.79 Å². The highest BCUT2D eigenvalue weighted by molar-refractivity contribution is 6.99. The maximum Gasteiger partial charge on any atom is 0.407 e. The Morgan fingerprint density at radius 3 is 2.00 bits per heavy atom. The Balaban J connectivity index is 2.01. The Morgan fingerprint density at radius 1 is 1.03 bits per heavy atom. The van der Waals surface area contributed by atoms with Crippen molar-refractivity contribution in [1.82, 2.24) is 4.90 Å². The highest BCUT2D eigenvalue weighted by Crippen LogP contribution is 2.37. The van der Waals surface area contributed by atoms with Crippen LogP contribution >= 0.6 is 0 Å². The maximum atomic E-state index is 11.9. The molecule has 1 fully saturated rings. The predicted molar refractivity (Wildman–Crippen MR) is 120 cm³/mol. The van der Waals surface area contributed by atoms with Gasteiger partial charge in [0.1, 0.15) is 0 Å². The average Bonchev–Trinajstić information content (AvgIpc) is 2.70. The van der Waals surface area contributed by atoms with Crippen molar-refractivity contribution in [3.63, 3.8) is 0 Å². The van der Waals surface area contributed by atoms with E-state index < -0.39 is 14.4 Å². The van der Waals surface area contributed by atoms with E-state index in [-0.39, 0.29) is 11.1 Å². The van der Waals surface area contributed by atoms with Crippen molar-refractivity contribution >= 4 is 24.8 Å². The molecule has 156 valence electrons. The summed E-state index contributed by atoms with van der Waals surface area (Å²) in [5, 5.41) is 12.1. The Kier molecular flexibility index (Phi) is 6.49. The van der Waals surface area contributed by atoms with Gasteiger partial charge in [0.25, 0.3) is 8.32 Å². The summed E-state index contributed by atoms with van der Waals surface area (Å²) in [6.07, 6.45) is 1.05. The fourth-order valence-electron chi connectivity index (χ4n) is 4.60. The maximum absolute atomic E-state index is 11.9.